The van der Waals surface area contributed by atoms with Gasteiger partial charge in [0, 0.05) is 30.1 Å². The molecule has 0 bridgehead atoms. The van der Waals surface area contributed by atoms with E-state index in [1.165, 1.54) is 24.7 Å². The Balaban J connectivity index is 1.85. The van der Waals surface area contributed by atoms with Crippen molar-refractivity contribution in [2.75, 3.05) is 14.2 Å². The zero-order valence-corrected chi connectivity index (χ0v) is 15.7. The minimum absolute atomic E-state index is 0.211. The second-order valence-electron chi connectivity index (χ2n) is 6.33. The topological polar surface area (TPSA) is 60.2 Å². The van der Waals surface area contributed by atoms with Crippen LogP contribution in [-0.4, -0.2) is 39.5 Å². The van der Waals surface area contributed by atoms with Crippen LogP contribution < -0.4 is 4.74 Å². The molecule has 0 unspecified atom stereocenters. The smallest absolute Gasteiger partial charge is 0.272 e. The Morgan fingerprint density at radius 1 is 1.22 bits per heavy atom. The standard InChI is InChI=1S/C20H21FN4O2/c1-13-9-23-17(14(2)19(13)27-4)11-24(3)20(26)18-10-22-12-25(18)16-7-5-15(21)6-8-16/h5-10,12H,11H2,1-4H3. The molecule has 0 N–H and O–H groups in total. The Morgan fingerprint density at radius 3 is 2.59 bits per heavy atom. The SMILES string of the molecule is COc1c(C)cnc(CN(C)C(=O)c2cncn2-c2ccc(F)cc2)c1C. The Labute approximate surface area is 157 Å². The molecular weight excluding hydrogens is 347 g/mol. The third-order valence-corrected chi connectivity index (χ3v) is 4.45. The molecule has 0 aliphatic carbocycles. The number of aromatic nitrogens is 3. The van der Waals surface area contributed by atoms with Crippen molar-refractivity contribution in [2.24, 2.45) is 0 Å². The Hall–Kier alpha value is -3.22. The molecule has 0 fully saturated rings. The van der Waals surface area contributed by atoms with E-state index in [4.69, 9.17) is 4.74 Å². The molecule has 3 rings (SSSR count). The van der Waals surface area contributed by atoms with Crippen molar-refractivity contribution in [2.45, 2.75) is 20.4 Å². The first-order valence-electron chi connectivity index (χ1n) is 8.45. The molecule has 3 aromatic rings. The minimum atomic E-state index is -0.335. The number of benzene rings is 1. The van der Waals surface area contributed by atoms with Crippen LogP contribution in [0.4, 0.5) is 4.39 Å². The molecule has 0 aliphatic rings. The lowest BCUT2D eigenvalue weighted by Crippen LogP contribution is -2.28. The maximum atomic E-state index is 13.2. The molecule has 140 valence electrons. The van der Waals surface area contributed by atoms with Crippen LogP contribution in [0.1, 0.15) is 27.3 Å². The number of rotatable bonds is 5. The van der Waals surface area contributed by atoms with Crippen molar-refractivity contribution in [3.63, 3.8) is 0 Å². The quantitative estimate of drug-likeness (QED) is 0.693. The van der Waals surface area contributed by atoms with E-state index >= 15 is 0 Å². The van der Waals surface area contributed by atoms with E-state index in [0.717, 1.165) is 22.6 Å². The number of hydrogen-bond acceptors (Lipinski definition) is 4. The van der Waals surface area contributed by atoms with Gasteiger partial charge < -0.3 is 9.64 Å². The van der Waals surface area contributed by atoms with Crippen molar-refractivity contribution in [1.82, 2.24) is 19.4 Å². The summed E-state index contributed by atoms with van der Waals surface area (Å²) in [5.41, 5.74) is 3.67. The van der Waals surface area contributed by atoms with Gasteiger partial charge in [0.2, 0.25) is 0 Å². The predicted octanol–water partition coefficient (Wildman–Crippen LogP) is 3.30. The van der Waals surface area contributed by atoms with Gasteiger partial charge in [0.05, 0.1) is 31.9 Å². The number of ether oxygens (including phenoxy) is 1. The van der Waals surface area contributed by atoms with Crippen molar-refractivity contribution in [3.05, 3.63) is 71.3 Å². The first-order valence-corrected chi connectivity index (χ1v) is 8.45. The highest BCUT2D eigenvalue weighted by Gasteiger charge is 2.20. The molecule has 27 heavy (non-hydrogen) atoms. The number of imidazole rings is 1. The van der Waals surface area contributed by atoms with Crippen molar-refractivity contribution in [1.29, 1.82) is 0 Å². The van der Waals surface area contributed by atoms with Gasteiger partial charge in [-0.05, 0) is 38.1 Å². The van der Waals surface area contributed by atoms with Crippen LogP contribution in [0.15, 0.2) is 43.0 Å². The molecule has 0 radical (unpaired) electrons. The lowest BCUT2D eigenvalue weighted by Gasteiger charge is -2.20. The average Bonchev–Trinajstić information content (AvgIpc) is 3.14. The first-order chi connectivity index (χ1) is 12.9. The molecule has 1 amide bonds. The molecule has 2 heterocycles. The number of hydrogen-bond donors (Lipinski definition) is 0. The van der Waals surface area contributed by atoms with E-state index < -0.39 is 0 Å². The molecular formula is C20H21FN4O2. The van der Waals surface area contributed by atoms with Gasteiger partial charge in [-0.1, -0.05) is 0 Å². The zero-order chi connectivity index (χ0) is 19.6. The summed E-state index contributed by atoms with van der Waals surface area (Å²) in [5, 5.41) is 0. The number of nitrogens with zero attached hydrogens (tertiary/aromatic N) is 4. The van der Waals surface area contributed by atoms with Gasteiger partial charge in [0.25, 0.3) is 5.91 Å². The van der Waals surface area contributed by atoms with Gasteiger partial charge >= 0.3 is 0 Å². The van der Waals surface area contributed by atoms with Crippen LogP contribution in [0.25, 0.3) is 5.69 Å². The molecule has 2 aromatic heterocycles. The molecule has 0 atom stereocenters. The second-order valence-corrected chi connectivity index (χ2v) is 6.33. The summed E-state index contributed by atoms with van der Waals surface area (Å²) in [5.74, 6) is 0.230. The van der Waals surface area contributed by atoms with Gasteiger partial charge in [0.1, 0.15) is 17.3 Å². The highest BCUT2D eigenvalue weighted by molar-refractivity contribution is 5.92. The Bertz CT molecular complexity index is 967. The fraction of sp³-hybridized carbons (Fsp3) is 0.250. The van der Waals surface area contributed by atoms with E-state index in [0.29, 0.717) is 17.9 Å². The Morgan fingerprint density at radius 2 is 1.93 bits per heavy atom. The van der Waals surface area contributed by atoms with Crippen LogP contribution in [-0.2, 0) is 6.54 Å². The van der Waals surface area contributed by atoms with Gasteiger partial charge in [-0.2, -0.15) is 0 Å². The molecule has 6 nitrogen and oxygen atoms in total. The number of carbonyl (C=O) groups is 1. The predicted molar refractivity (Wildman–Crippen MR) is 99.6 cm³/mol. The van der Waals surface area contributed by atoms with Crippen molar-refractivity contribution >= 4 is 5.91 Å². The largest absolute Gasteiger partial charge is 0.496 e. The summed E-state index contributed by atoms with van der Waals surface area (Å²) in [6.45, 7) is 4.18. The van der Waals surface area contributed by atoms with Gasteiger partial charge in [0.15, 0.2) is 0 Å². The van der Waals surface area contributed by atoms with Gasteiger partial charge in [-0.15, -0.1) is 0 Å². The summed E-state index contributed by atoms with van der Waals surface area (Å²) < 4.78 is 20.2. The van der Waals surface area contributed by atoms with Crippen LogP contribution in [0, 0.1) is 19.7 Å². The molecule has 7 heteroatoms. The molecule has 0 spiro atoms. The average molecular weight is 368 g/mol. The summed E-state index contributed by atoms with van der Waals surface area (Å²) >= 11 is 0. The lowest BCUT2D eigenvalue weighted by molar-refractivity contribution is 0.0775. The second kappa shape index (κ2) is 7.57. The summed E-state index contributed by atoms with van der Waals surface area (Å²) in [7, 11) is 3.33. The maximum Gasteiger partial charge on any atom is 0.272 e. The van der Waals surface area contributed by atoms with Gasteiger partial charge in [-0.3, -0.25) is 14.3 Å². The van der Waals surface area contributed by atoms with Crippen LogP contribution in [0.3, 0.4) is 0 Å². The maximum absolute atomic E-state index is 13.2. The van der Waals surface area contributed by atoms with Gasteiger partial charge in [-0.25, -0.2) is 9.37 Å². The zero-order valence-electron chi connectivity index (χ0n) is 15.7. The minimum Gasteiger partial charge on any atom is -0.496 e. The number of pyridine rings is 1. The third kappa shape index (κ3) is 3.67. The number of methoxy groups -OCH3 is 1. The van der Waals surface area contributed by atoms with E-state index in [1.54, 1.807) is 42.0 Å². The monoisotopic (exact) mass is 368 g/mol. The fourth-order valence-electron chi connectivity index (χ4n) is 2.98. The molecule has 0 saturated carbocycles. The fourth-order valence-corrected chi connectivity index (χ4v) is 2.98. The highest BCUT2D eigenvalue weighted by Crippen LogP contribution is 2.25. The molecule has 1 aromatic carbocycles. The number of halogens is 1. The normalized spacial score (nSPS) is 10.7. The number of carbonyl (C=O) groups excluding carboxylic acids is 1. The van der Waals surface area contributed by atoms with Crippen LogP contribution >= 0.6 is 0 Å². The summed E-state index contributed by atoms with van der Waals surface area (Å²) in [6.07, 6.45) is 4.77. The first kappa shape index (κ1) is 18.6. The highest BCUT2D eigenvalue weighted by atomic mass is 19.1. The third-order valence-electron chi connectivity index (χ3n) is 4.45. The van der Waals surface area contributed by atoms with E-state index in [1.807, 2.05) is 13.8 Å². The van der Waals surface area contributed by atoms with Crippen LogP contribution in [0.5, 0.6) is 5.75 Å². The van der Waals surface area contributed by atoms with Crippen molar-refractivity contribution < 1.29 is 13.9 Å². The summed E-state index contributed by atoms with van der Waals surface area (Å²) in [4.78, 5) is 23.0. The molecule has 0 saturated heterocycles. The number of aryl methyl sites for hydroxylation is 1. The lowest BCUT2D eigenvalue weighted by atomic mass is 10.1. The van der Waals surface area contributed by atoms with E-state index in [2.05, 4.69) is 9.97 Å². The molecule has 0 aliphatic heterocycles. The van der Waals surface area contributed by atoms with Crippen molar-refractivity contribution in [3.8, 4) is 11.4 Å². The number of amides is 1. The van der Waals surface area contributed by atoms with E-state index in [-0.39, 0.29) is 11.7 Å². The van der Waals surface area contributed by atoms with Crippen LogP contribution in [0.2, 0.25) is 0 Å². The Kier molecular flexibility index (Phi) is 5.21. The van der Waals surface area contributed by atoms with E-state index in [9.17, 15) is 9.18 Å². The summed E-state index contributed by atoms with van der Waals surface area (Å²) in [6, 6.07) is 5.90.